The maximum atomic E-state index is 11.5. The number of alkyl halides is 1. The van der Waals surface area contributed by atoms with Crippen LogP contribution in [0.25, 0.3) is 0 Å². The number of Topliss-reactive ketones (excluding diaryl/α,β-unsaturated/α-hetero) is 1. The fourth-order valence-electron chi connectivity index (χ4n) is 0.701. The zero-order chi connectivity index (χ0) is 8.48. The van der Waals surface area contributed by atoms with E-state index in [0.717, 1.165) is 4.88 Å². The minimum absolute atomic E-state index is 0.146. The number of ketones is 1. The second-order valence-electron chi connectivity index (χ2n) is 2.78. The Morgan fingerprint density at radius 2 is 2.27 bits per heavy atom. The summed E-state index contributed by atoms with van der Waals surface area (Å²) >= 11 is 4.80. The van der Waals surface area contributed by atoms with Crippen LogP contribution in [0.3, 0.4) is 0 Å². The third-order valence-corrected chi connectivity index (χ3v) is 2.51. The van der Waals surface area contributed by atoms with E-state index < -0.39 is 4.32 Å². The molecular formula is C8H9BrOS. The van der Waals surface area contributed by atoms with E-state index in [2.05, 4.69) is 15.9 Å². The van der Waals surface area contributed by atoms with E-state index in [9.17, 15) is 4.79 Å². The van der Waals surface area contributed by atoms with Gasteiger partial charge in [0.25, 0.3) is 0 Å². The number of halogens is 1. The molecule has 1 heterocycles. The van der Waals surface area contributed by atoms with Crippen LogP contribution in [-0.4, -0.2) is 10.1 Å². The van der Waals surface area contributed by atoms with Gasteiger partial charge in [-0.2, -0.15) is 0 Å². The molecule has 0 bridgehead atoms. The molecule has 0 aliphatic carbocycles. The molecule has 0 radical (unpaired) electrons. The summed E-state index contributed by atoms with van der Waals surface area (Å²) in [6, 6.07) is 3.73. The molecule has 60 valence electrons. The Balaban J connectivity index is 2.88. The maximum absolute atomic E-state index is 11.5. The summed E-state index contributed by atoms with van der Waals surface area (Å²) in [5, 5.41) is 1.91. The maximum Gasteiger partial charge on any atom is 0.188 e. The van der Waals surface area contributed by atoms with Crippen LogP contribution in [0, 0.1) is 0 Å². The molecule has 1 aromatic rings. The Kier molecular flexibility index (Phi) is 2.50. The summed E-state index contributed by atoms with van der Waals surface area (Å²) < 4.78 is -0.433. The van der Waals surface area contributed by atoms with Crippen LogP contribution >= 0.6 is 27.3 Å². The first-order chi connectivity index (χ1) is 5.02. The van der Waals surface area contributed by atoms with Crippen LogP contribution in [0.15, 0.2) is 17.5 Å². The monoisotopic (exact) mass is 232 g/mol. The standard InChI is InChI=1S/C8H9BrOS/c1-8(2,9)7(10)6-4-3-5-11-6/h3-5H,1-2H3. The molecular weight excluding hydrogens is 224 g/mol. The van der Waals surface area contributed by atoms with Crippen molar-refractivity contribution in [3.8, 4) is 0 Å². The summed E-state index contributed by atoms with van der Waals surface area (Å²) in [5.41, 5.74) is 0. The lowest BCUT2D eigenvalue weighted by molar-refractivity contribution is 0.0965. The first-order valence-electron chi connectivity index (χ1n) is 3.29. The first kappa shape index (κ1) is 8.94. The van der Waals surface area contributed by atoms with Crippen molar-refractivity contribution in [2.24, 2.45) is 0 Å². The van der Waals surface area contributed by atoms with Gasteiger partial charge in [0.1, 0.15) is 0 Å². The molecule has 0 unspecified atom stereocenters. The van der Waals surface area contributed by atoms with Gasteiger partial charge in [-0.3, -0.25) is 4.79 Å². The fraction of sp³-hybridized carbons (Fsp3) is 0.375. The molecule has 0 fully saturated rings. The van der Waals surface area contributed by atoms with E-state index in [1.807, 2.05) is 31.4 Å². The molecule has 0 aliphatic heterocycles. The summed E-state index contributed by atoms with van der Waals surface area (Å²) in [5.74, 6) is 0.146. The highest BCUT2D eigenvalue weighted by Gasteiger charge is 2.25. The van der Waals surface area contributed by atoms with E-state index in [4.69, 9.17) is 0 Å². The fourth-order valence-corrected chi connectivity index (χ4v) is 1.87. The highest BCUT2D eigenvalue weighted by atomic mass is 79.9. The third-order valence-electron chi connectivity index (χ3n) is 1.28. The van der Waals surface area contributed by atoms with Gasteiger partial charge in [-0.1, -0.05) is 22.0 Å². The molecule has 0 spiro atoms. The highest BCUT2D eigenvalue weighted by molar-refractivity contribution is 9.10. The minimum Gasteiger partial charge on any atom is -0.292 e. The average Bonchev–Trinajstić information content (AvgIpc) is 2.34. The lowest BCUT2D eigenvalue weighted by atomic mass is 10.1. The Morgan fingerprint density at radius 3 is 2.64 bits per heavy atom. The predicted molar refractivity (Wildman–Crippen MR) is 51.7 cm³/mol. The van der Waals surface area contributed by atoms with Gasteiger partial charge in [0.2, 0.25) is 0 Å². The topological polar surface area (TPSA) is 17.1 Å². The predicted octanol–water partition coefficient (Wildman–Crippen LogP) is 3.10. The van der Waals surface area contributed by atoms with Crippen molar-refractivity contribution < 1.29 is 4.79 Å². The quantitative estimate of drug-likeness (QED) is 0.566. The van der Waals surface area contributed by atoms with Gasteiger partial charge in [0, 0.05) is 0 Å². The molecule has 1 rings (SSSR count). The van der Waals surface area contributed by atoms with Crippen LogP contribution in [0.2, 0.25) is 0 Å². The molecule has 3 heteroatoms. The average molecular weight is 233 g/mol. The second kappa shape index (κ2) is 3.07. The van der Waals surface area contributed by atoms with E-state index in [1.165, 1.54) is 11.3 Å². The van der Waals surface area contributed by atoms with Crippen molar-refractivity contribution in [1.82, 2.24) is 0 Å². The van der Waals surface area contributed by atoms with Crippen molar-refractivity contribution in [2.75, 3.05) is 0 Å². The molecule has 0 aromatic carbocycles. The molecule has 11 heavy (non-hydrogen) atoms. The van der Waals surface area contributed by atoms with Crippen LogP contribution < -0.4 is 0 Å². The van der Waals surface area contributed by atoms with Crippen LogP contribution in [0.4, 0.5) is 0 Å². The Bertz CT molecular complexity index is 246. The van der Waals surface area contributed by atoms with E-state index in [0.29, 0.717) is 0 Å². The lowest BCUT2D eigenvalue weighted by Gasteiger charge is -2.12. The van der Waals surface area contributed by atoms with Crippen LogP contribution in [-0.2, 0) is 0 Å². The molecule has 0 aliphatic rings. The number of thiophene rings is 1. The minimum atomic E-state index is -0.433. The SMILES string of the molecule is CC(C)(Br)C(=O)c1cccs1. The molecule has 0 saturated heterocycles. The Hall–Kier alpha value is -0.150. The molecule has 0 atom stereocenters. The van der Waals surface area contributed by atoms with Gasteiger partial charge < -0.3 is 0 Å². The number of hydrogen-bond donors (Lipinski definition) is 0. The van der Waals surface area contributed by atoms with E-state index >= 15 is 0 Å². The van der Waals surface area contributed by atoms with E-state index in [-0.39, 0.29) is 5.78 Å². The van der Waals surface area contributed by atoms with Crippen LogP contribution in [0.5, 0.6) is 0 Å². The summed E-state index contributed by atoms with van der Waals surface area (Å²) in [6.07, 6.45) is 0. The first-order valence-corrected chi connectivity index (χ1v) is 4.96. The third kappa shape index (κ3) is 2.14. The molecule has 0 saturated carbocycles. The number of carbonyl (C=O) groups is 1. The highest BCUT2D eigenvalue weighted by Crippen LogP contribution is 2.24. The van der Waals surface area contributed by atoms with Crippen molar-refractivity contribution in [1.29, 1.82) is 0 Å². The Labute approximate surface area is 78.6 Å². The smallest absolute Gasteiger partial charge is 0.188 e. The van der Waals surface area contributed by atoms with Gasteiger partial charge in [0.15, 0.2) is 5.78 Å². The van der Waals surface area contributed by atoms with Gasteiger partial charge in [0.05, 0.1) is 9.20 Å². The van der Waals surface area contributed by atoms with Gasteiger partial charge >= 0.3 is 0 Å². The van der Waals surface area contributed by atoms with Gasteiger partial charge in [-0.05, 0) is 25.3 Å². The van der Waals surface area contributed by atoms with Gasteiger partial charge in [-0.25, -0.2) is 0 Å². The molecule has 1 aromatic heterocycles. The lowest BCUT2D eigenvalue weighted by Crippen LogP contribution is -2.22. The zero-order valence-electron chi connectivity index (χ0n) is 6.43. The largest absolute Gasteiger partial charge is 0.292 e. The number of rotatable bonds is 2. The zero-order valence-corrected chi connectivity index (χ0v) is 8.83. The Morgan fingerprint density at radius 1 is 1.64 bits per heavy atom. The summed E-state index contributed by atoms with van der Waals surface area (Å²) in [6.45, 7) is 3.71. The second-order valence-corrected chi connectivity index (χ2v) is 5.71. The summed E-state index contributed by atoms with van der Waals surface area (Å²) in [4.78, 5) is 12.3. The van der Waals surface area contributed by atoms with Crippen LogP contribution in [0.1, 0.15) is 23.5 Å². The number of carbonyl (C=O) groups excluding carboxylic acids is 1. The molecule has 0 amide bonds. The molecule has 0 N–H and O–H groups in total. The normalized spacial score (nSPS) is 11.5. The van der Waals surface area contributed by atoms with Crippen molar-refractivity contribution in [3.63, 3.8) is 0 Å². The van der Waals surface area contributed by atoms with E-state index in [1.54, 1.807) is 0 Å². The summed E-state index contributed by atoms with van der Waals surface area (Å²) in [7, 11) is 0. The van der Waals surface area contributed by atoms with Crippen molar-refractivity contribution >= 4 is 33.0 Å². The van der Waals surface area contributed by atoms with Gasteiger partial charge in [-0.15, -0.1) is 11.3 Å². The van der Waals surface area contributed by atoms with Crippen molar-refractivity contribution in [3.05, 3.63) is 22.4 Å². The van der Waals surface area contributed by atoms with Crippen molar-refractivity contribution in [2.45, 2.75) is 18.2 Å². The molecule has 1 nitrogen and oxygen atoms in total. The number of hydrogen-bond acceptors (Lipinski definition) is 2.